The van der Waals surface area contributed by atoms with E-state index >= 15 is 0 Å². The van der Waals surface area contributed by atoms with Gasteiger partial charge in [0, 0.05) is 5.56 Å². The van der Waals surface area contributed by atoms with Gasteiger partial charge in [-0.2, -0.15) is 0 Å². The molecule has 5 heteroatoms. The van der Waals surface area contributed by atoms with Crippen LogP contribution in [-0.4, -0.2) is 18.2 Å². The summed E-state index contributed by atoms with van der Waals surface area (Å²) < 4.78 is 4.73. The molecule has 2 rings (SSSR count). The van der Waals surface area contributed by atoms with Crippen LogP contribution in [0.4, 0.5) is 0 Å². The summed E-state index contributed by atoms with van der Waals surface area (Å²) >= 11 is 11.8. The number of ether oxygens (including phenoxy) is 1. The standard InChI is InChI=1S/C15H12Cl2O3/c1-20-14(18)15(19,10-5-3-2-4-6-10)11-7-8-12(16)13(17)9-11/h2-9,19H,1H3/t15-/m1/s1. The Labute approximate surface area is 126 Å². The number of methoxy groups -OCH3 is 1. The van der Waals surface area contributed by atoms with E-state index in [0.29, 0.717) is 16.1 Å². The van der Waals surface area contributed by atoms with Crippen LogP contribution in [0.25, 0.3) is 0 Å². The smallest absolute Gasteiger partial charge is 0.347 e. The lowest BCUT2D eigenvalue weighted by molar-refractivity contribution is -0.158. The quantitative estimate of drug-likeness (QED) is 0.884. The highest BCUT2D eigenvalue weighted by Crippen LogP contribution is 2.34. The summed E-state index contributed by atoms with van der Waals surface area (Å²) in [6.45, 7) is 0. The number of carbonyl (C=O) groups is 1. The van der Waals surface area contributed by atoms with Crippen molar-refractivity contribution in [3.63, 3.8) is 0 Å². The second-order valence-electron chi connectivity index (χ2n) is 4.20. The molecule has 0 spiro atoms. The summed E-state index contributed by atoms with van der Waals surface area (Å²) in [5.41, 5.74) is -1.24. The molecule has 0 bridgehead atoms. The average molecular weight is 311 g/mol. The summed E-state index contributed by atoms with van der Waals surface area (Å²) in [4.78, 5) is 12.1. The molecule has 0 radical (unpaired) electrons. The van der Waals surface area contributed by atoms with Gasteiger partial charge in [-0.15, -0.1) is 0 Å². The first-order chi connectivity index (χ1) is 9.50. The first-order valence-electron chi connectivity index (χ1n) is 5.82. The van der Waals surface area contributed by atoms with Gasteiger partial charge in [0.2, 0.25) is 5.60 Å². The third kappa shape index (κ3) is 2.52. The minimum Gasteiger partial charge on any atom is -0.466 e. The summed E-state index contributed by atoms with van der Waals surface area (Å²) in [6, 6.07) is 13.0. The monoisotopic (exact) mass is 310 g/mol. The Morgan fingerprint density at radius 1 is 1.05 bits per heavy atom. The van der Waals surface area contributed by atoms with Crippen LogP contribution in [0.15, 0.2) is 48.5 Å². The molecule has 0 aliphatic rings. The highest BCUT2D eigenvalue weighted by molar-refractivity contribution is 6.42. The van der Waals surface area contributed by atoms with Crippen molar-refractivity contribution in [1.82, 2.24) is 0 Å². The lowest BCUT2D eigenvalue weighted by Crippen LogP contribution is -2.38. The van der Waals surface area contributed by atoms with Gasteiger partial charge in [0.05, 0.1) is 17.2 Å². The number of aliphatic hydroxyl groups is 1. The number of benzene rings is 2. The molecule has 2 aromatic rings. The Kier molecular flexibility index (Phi) is 4.33. The van der Waals surface area contributed by atoms with Crippen LogP contribution in [0, 0.1) is 0 Å². The lowest BCUT2D eigenvalue weighted by atomic mass is 9.86. The van der Waals surface area contributed by atoms with Crippen LogP contribution in [0.1, 0.15) is 11.1 Å². The highest BCUT2D eigenvalue weighted by atomic mass is 35.5. The predicted molar refractivity (Wildman–Crippen MR) is 77.9 cm³/mol. The van der Waals surface area contributed by atoms with E-state index in [1.54, 1.807) is 30.3 Å². The topological polar surface area (TPSA) is 46.5 Å². The molecular formula is C15H12Cl2O3. The zero-order chi connectivity index (χ0) is 14.8. The average Bonchev–Trinajstić information content (AvgIpc) is 2.49. The zero-order valence-electron chi connectivity index (χ0n) is 10.6. The van der Waals surface area contributed by atoms with Crippen LogP contribution < -0.4 is 0 Å². The molecular weight excluding hydrogens is 299 g/mol. The normalized spacial score (nSPS) is 13.6. The van der Waals surface area contributed by atoms with Gasteiger partial charge in [0.25, 0.3) is 0 Å². The van der Waals surface area contributed by atoms with E-state index in [2.05, 4.69) is 0 Å². The zero-order valence-corrected chi connectivity index (χ0v) is 12.2. The van der Waals surface area contributed by atoms with Crippen molar-refractivity contribution in [3.05, 3.63) is 69.7 Å². The van der Waals surface area contributed by atoms with Gasteiger partial charge in [-0.05, 0) is 17.7 Å². The lowest BCUT2D eigenvalue weighted by Gasteiger charge is -2.26. The molecule has 0 saturated heterocycles. The van der Waals surface area contributed by atoms with E-state index in [9.17, 15) is 9.90 Å². The molecule has 104 valence electrons. The molecule has 0 saturated carbocycles. The van der Waals surface area contributed by atoms with E-state index in [1.807, 2.05) is 0 Å². The van der Waals surface area contributed by atoms with Crippen molar-refractivity contribution in [2.45, 2.75) is 5.60 Å². The molecule has 3 nitrogen and oxygen atoms in total. The van der Waals surface area contributed by atoms with E-state index in [0.717, 1.165) is 0 Å². The van der Waals surface area contributed by atoms with E-state index in [1.165, 1.54) is 25.3 Å². The van der Waals surface area contributed by atoms with Gasteiger partial charge in [0.1, 0.15) is 0 Å². The predicted octanol–water partition coefficient (Wildman–Crippen LogP) is 3.40. The minimum absolute atomic E-state index is 0.252. The van der Waals surface area contributed by atoms with E-state index < -0.39 is 11.6 Å². The third-order valence-electron chi connectivity index (χ3n) is 3.01. The van der Waals surface area contributed by atoms with Crippen LogP contribution in [0.2, 0.25) is 10.0 Å². The number of hydrogen-bond acceptors (Lipinski definition) is 3. The van der Waals surface area contributed by atoms with Crippen molar-refractivity contribution in [2.75, 3.05) is 7.11 Å². The van der Waals surface area contributed by atoms with Crippen molar-refractivity contribution in [3.8, 4) is 0 Å². The number of halogens is 2. The molecule has 20 heavy (non-hydrogen) atoms. The van der Waals surface area contributed by atoms with Gasteiger partial charge in [-0.25, -0.2) is 4.79 Å². The number of esters is 1. The highest BCUT2D eigenvalue weighted by Gasteiger charge is 2.41. The Morgan fingerprint density at radius 3 is 2.25 bits per heavy atom. The van der Waals surface area contributed by atoms with Crippen molar-refractivity contribution in [2.24, 2.45) is 0 Å². The van der Waals surface area contributed by atoms with Crippen LogP contribution in [0.3, 0.4) is 0 Å². The first kappa shape index (κ1) is 14.9. The summed E-state index contributed by atoms with van der Waals surface area (Å²) in [5, 5.41) is 11.5. The fraction of sp³-hybridized carbons (Fsp3) is 0.133. The van der Waals surface area contributed by atoms with Crippen LogP contribution >= 0.6 is 23.2 Å². The van der Waals surface area contributed by atoms with Crippen LogP contribution in [-0.2, 0) is 15.1 Å². The molecule has 0 aliphatic carbocycles. The molecule has 2 aromatic carbocycles. The summed E-state index contributed by atoms with van der Waals surface area (Å²) in [7, 11) is 1.22. The third-order valence-corrected chi connectivity index (χ3v) is 3.75. The fourth-order valence-electron chi connectivity index (χ4n) is 1.95. The molecule has 0 fully saturated rings. The molecule has 1 N–H and O–H groups in total. The van der Waals surface area contributed by atoms with E-state index in [4.69, 9.17) is 27.9 Å². The largest absolute Gasteiger partial charge is 0.466 e. The Hall–Kier alpha value is -1.55. The first-order valence-corrected chi connectivity index (χ1v) is 6.57. The second-order valence-corrected chi connectivity index (χ2v) is 5.01. The van der Waals surface area contributed by atoms with Crippen molar-refractivity contribution in [1.29, 1.82) is 0 Å². The van der Waals surface area contributed by atoms with Gasteiger partial charge < -0.3 is 9.84 Å². The fourth-order valence-corrected chi connectivity index (χ4v) is 2.25. The van der Waals surface area contributed by atoms with Gasteiger partial charge in [-0.1, -0.05) is 59.6 Å². The Morgan fingerprint density at radius 2 is 1.70 bits per heavy atom. The maximum Gasteiger partial charge on any atom is 0.347 e. The van der Waals surface area contributed by atoms with E-state index in [-0.39, 0.29) is 5.02 Å². The number of carbonyl (C=O) groups excluding carboxylic acids is 1. The molecule has 0 aliphatic heterocycles. The Balaban J connectivity index is 2.64. The molecule has 0 aromatic heterocycles. The number of hydrogen-bond donors (Lipinski definition) is 1. The molecule has 0 amide bonds. The van der Waals surface area contributed by atoms with Crippen molar-refractivity contribution >= 4 is 29.2 Å². The molecule has 1 atom stereocenters. The second kappa shape index (κ2) is 5.83. The SMILES string of the molecule is COC(=O)[C@@](O)(c1ccccc1)c1ccc(Cl)c(Cl)c1. The maximum atomic E-state index is 12.1. The Bertz CT molecular complexity index is 628. The van der Waals surface area contributed by atoms with Gasteiger partial charge in [-0.3, -0.25) is 0 Å². The number of rotatable bonds is 3. The van der Waals surface area contributed by atoms with Crippen molar-refractivity contribution < 1.29 is 14.6 Å². The van der Waals surface area contributed by atoms with Gasteiger partial charge >= 0.3 is 5.97 Å². The summed E-state index contributed by atoms with van der Waals surface area (Å²) in [5.74, 6) is -0.790. The van der Waals surface area contributed by atoms with Crippen LogP contribution in [0.5, 0.6) is 0 Å². The maximum absolute atomic E-state index is 12.1. The molecule has 0 unspecified atom stereocenters. The summed E-state index contributed by atoms with van der Waals surface area (Å²) in [6.07, 6.45) is 0. The minimum atomic E-state index is -1.93. The molecule has 0 heterocycles. The van der Waals surface area contributed by atoms with Gasteiger partial charge in [0.15, 0.2) is 0 Å².